The maximum Gasteiger partial charge on any atom is 0.258 e. The molecule has 6 rings (SSSR count). The molecule has 180 valence electrons. The molecule has 4 aromatic rings. The summed E-state index contributed by atoms with van der Waals surface area (Å²) in [5.41, 5.74) is 7.84. The van der Waals surface area contributed by atoms with Crippen LogP contribution in [-0.4, -0.2) is 27.6 Å². The average Bonchev–Trinajstić information content (AvgIpc) is 3.39. The zero-order valence-corrected chi connectivity index (χ0v) is 20.3. The number of benzene rings is 2. The number of hydrogen-bond acceptors (Lipinski definition) is 4. The maximum absolute atomic E-state index is 13.6. The first-order chi connectivity index (χ1) is 17.7. The molecule has 0 fully saturated rings. The Kier molecular flexibility index (Phi) is 6.22. The molecular formula is C31H29N3O2. The van der Waals surface area contributed by atoms with E-state index >= 15 is 0 Å². The third-order valence-electron chi connectivity index (χ3n) is 7.10. The molecule has 2 aliphatic heterocycles. The van der Waals surface area contributed by atoms with Gasteiger partial charge in [0.25, 0.3) is 5.56 Å². The fourth-order valence-electron chi connectivity index (χ4n) is 5.30. The van der Waals surface area contributed by atoms with E-state index in [4.69, 9.17) is 4.74 Å². The zero-order valence-electron chi connectivity index (χ0n) is 20.3. The molecule has 2 aromatic heterocycles. The standard InChI is InChI=1S/C31H29N3O2/c35-31-28(25-10-14-32-15-11-25)20-27-22-33(21-24-8-9-30-26(19-24)13-18-36-30)17-12-29(27)34(31)16-4-7-23-5-2-1-3-6-23/h1-11,14-15,19-20H,12-13,16-18,21-22H2/b7-4+. The highest BCUT2D eigenvalue weighted by Crippen LogP contribution is 2.28. The number of hydrogen-bond donors (Lipinski definition) is 0. The van der Waals surface area contributed by atoms with Crippen molar-refractivity contribution in [3.05, 3.63) is 124 Å². The fourth-order valence-corrected chi connectivity index (χ4v) is 5.30. The van der Waals surface area contributed by atoms with E-state index in [9.17, 15) is 4.79 Å². The van der Waals surface area contributed by atoms with Crippen LogP contribution >= 0.6 is 0 Å². The van der Waals surface area contributed by atoms with E-state index in [1.54, 1.807) is 12.4 Å². The molecule has 5 nitrogen and oxygen atoms in total. The van der Waals surface area contributed by atoms with Gasteiger partial charge in [-0.25, -0.2) is 0 Å². The summed E-state index contributed by atoms with van der Waals surface area (Å²) >= 11 is 0. The first kappa shape index (κ1) is 22.5. The summed E-state index contributed by atoms with van der Waals surface area (Å²) in [7, 11) is 0. The number of allylic oxidation sites excluding steroid dienone is 1. The molecule has 0 amide bonds. The smallest absolute Gasteiger partial charge is 0.258 e. The quantitative estimate of drug-likeness (QED) is 0.389. The number of ether oxygens (including phenoxy) is 1. The molecule has 5 heteroatoms. The SMILES string of the molecule is O=c1c(-c2ccncc2)cc2c(n1C/C=C/c1ccccc1)CCN(Cc1ccc3c(c1)CCO3)C2. The highest BCUT2D eigenvalue weighted by molar-refractivity contribution is 5.63. The molecule has 0 bridgehead atoms. The van der Waals surface area contributed by atoms with Crippen LogP contribution in [0, 0.1) is 0 Å². The van der Waals surface area contributed by atoms with E-state index < -0.39 is 0 Å². The maximum atomic E-state index is 13.6. The Labute approximate surface area is 211 Å². The van der Waals surface area contributed by atoms with E-state index in [0.717, 1.165) is 67.2 Å². The van der Waals surface area contributed by atoms with Crippen molar-refractivity contribution in [2.75, 3.05) is 13.2 Å². The number of rotatable bonds is 6. The zero-order chi connectivity index (χ0) is 24.3. The largest absolute Gasteiger partial charge is 0.493 e. The van der Waals surface area contributed by atoms with Crippen molar-refractivity contribution >= 4 is 6.08 Å². The minimum atomic E-state index is 0.0599. The summed E-state index contributed by atoms with van der Waals surface area (Å²) in [5.74, 6) is 1.03. The highest BCUT2D eigenvalue weighted by Gasteiger charge is 2.23. The number of nitrogens with zero attached hydrogens (tertiary/aromatic N) is 3. The Balaban J connectivity index is 1.31. The van der Waals surface area contributed by atoms with E-state index in [1.807, 2.05) is 34.9 Å². The molecule has 0 spiro atoms. The van der Waals surface area contributed by atoms with E-state index in [-0.39, 0.29) is 5.56 Å². The Morgan fingerprint density at radius 2 is 1.81 bits per heavy atom. The predicted molar refractivity (Wildman–Crippen MR) is 143 cm³/mol. The van der Waals surface area contributed by atoms with Crippen molar-refractivity contribution in [3.8, 4) is 16.9 Å². The summed E-state index contributed by atoms with van der Waals surface area (Å²) in [6.07, 6.45) is 9.52. The Bertz CT molecular complexity index is 1460. The monoisotopic (exact) mass is 475 g/mol. The summed E-state index contributed by atoms with van der Waals surface area (Å²) in [6, 6.07) is 22.7. The lowest BCUT2D eigenvalue weighted by Crippen LogP contribution is -2.36. The van der Waals surface area contributed by atoms with Gasteiger partial charge in [-0.1, -0.05) is 54.6 Å². The summed E-state index contributed by atoms with van der Waals surface area (Å²) in [6.45, 7) is 3.98. The molecule has 36 heavy (non-hydrogen) atoms. The molecule has 0 radical (unpaired) electrons. The fraction of sp³-hybridized carbons (Fsp3) is 0.226. The first-order valence-electron chi connectivity index (χ1n) is 12.6. The van der Waals surface area contributed by atoms with Crippen molar-refractivity contribution in [2.45, 2.75) is 32.5 Å². The minimum absolute atomic E-state index is 0.0599. The Morgan fingerprint density at radius 1 is 0.944 bits per heavy atom. The van der Waals surface area contributed by atoms with Gasteiger partial charge in [0.1, 0.15) is 5.75 Å². The van der Waals surface area contributed by atoms with Crippen LogP contribution in [0.4, 0.5) is 0 Å². The van der Waals surface area contributed by atoms with Crippen molar-refractivity contribution in [1.29, 1.82) is 0 Å². The van der Waals surface area contributed by atoms with Crippen LogP contribution in [-0.2, 0) is 32.5 Å². The van der Waals surface area contributed by atoms with Gasteiger partial charge >= 0.3 is 0 Å². The molecule has 0 N–H and O–H groups in total. The van der Waals surface area contributed by atoms with Crippen LogP contribution in [0.25, 0.3) is 17.2 Å². The van der Waals surface area contributed by atoms with Gasteiger partial charge in [-0.15, -0.1) is 0 Å². The molecule has 0 saturated heterocycles. The van der Waals surface area contributed by atoms with Gasteiger partial charge in [0, 0.05) is 62.7 Å². The predicted octanol–water partition coefficient (Wildman–Crippen LogP) is 5.12. The Hall–Kier alpha value is -3.96. The third kappa shape index (κ3) is 4.62. The van der Waals surface area contributed by atoms with E-state index in [2.05, 4.69) is 58.4 Å². The van der Waals surface area contributed by atoms with Gasteiger partial charge in [-0.3, -0.25) is 14.7 Å². The van der Waals surface area contributed by atoms with Gasteiger partial charge < -0.3 is 9.30 Å². The van der Waals surface area contributed by atoms with Gasteiger partial charge in [0.05, 0.1) is 6.61 Å². The van der Waals surface area contributed by atoms with Crippen molar-refractivity contribution in [2.24, 2.45) is 0 Å². The second-order valence-electron chi connectivity index (χ2n) is 9.50. The Morgan fingerprint density at radius 3 is 2.67 bits per heavy atom. The molecule has 0 aliphatic carbocycles. The number of fused-ring (bicyclic) bond motifs is 2. The van der Waals surface area contributed by atoms with Crippen molar-refractivity contribution in [3.63, 3.8) is 0 Å². The summed E-state index contributed by atoms with van der Waals surface area (Å²) in [4.78, 5) is 20.3. The number of aromatic nitrogens is 2. The topological polar surface area (TPSA) is 47.4 Å². The molecule has 0 atom stereocenters. The second-order valence-corrected chi connectivity index (χ2v) is 9.50. The lowest BCUT2D eigenvalue weighted by molar-refractivity contribution is 0.240. The molecule has 4 heterocycles. The first-order valence-corrected chi connectivity index (χ1v) is 12.6. The van der Waals surface area contributed by atoms with Crippen molar-refractivity contribution in [1.82, 2.24) is 14.5 Å². The van der Waals surface area contributed by atoms with Gasteiger partial charge in [-0.2, -0.15) is 0 Å². The lowest BCUT2D eigenvalue weighted by Gasteiger charge is -2.31. The van der Waals surface area contributed by atoms with E-state index in [1.165, 1.54) is 16.7 Å². The van der Waals surface area contributed by atoms with Crippen LogP contribution in [0.3, 0.4) is 0 Å². The average molecular weight is 476 g/mol. The highest BCUT2D eigenvalue weighted by atomic mass is 16.5. The number of pyridine rings is 2. The normalized spacial score (nSPS) is 15.0. The van der Waals surface area contributed by atoms with Gasteiger partial charge in [0.2, 0.25) is 0 Å². The molecule has 0 unspecified atom stereocenters. The van der Waals surface area contributed by atoms with Crippen molar-refractivity contribution < 1.29 is 4.74 Å². The van der Waals surface area contributed by atoms with Crippen LogP contribution in [0.15, 0.2) is 90.0 Å². The van der Waals surface area contributed by atoms with Gasteiger partial charge in [0.15, 0.2) is 0 Å². The molecule has 2 aromatic carbocycles. The third-order valence-corrected chi connectivity index (χ3v) is 7.10. The lowest BCUT2D eigenvalue weighted by atomic mass is 9.99. The minimum Gasteiger partial charge on any atom is -0.493 e. The molecular weight excluding hydrogens is 446 g/mol. The van der Waals surface area contributed by atoms with Crippen LogP contribution in [0.5, 0.6) is 5.75 Å². The van der Waals surface area contributed by atoms with Gasteiger partial charge in [-0.05, 0) is 52.1 Å². The van der Waals surface area contributed by atoms with Crippen LogP contribution < -0.4 is 10.3 Å². The second kappa shape index (κ2) is 9.96. The molecule has 0 saturated carbocycles. The summed E-state index contributed by atoms with van der Waals surface area (Å²) < 4.78 is 7.64. The van der Waals surface area contributed by atoms with E-state index in [0.29, 0.717) is 6.54 Å². The van der Waals surface area contributed by atoms with Crippen LogP contribution in [0.2, 0.25) is 0 Å². The van der Waals surface area contributed by atoms with Crippen LogP contribution in [0.1, 0.15) is 27.9 Å². The summed E-state index contributed by atoms with van der Waals surface area (Å²) in [5, 5.41) is 0. The molecule has 2 aliphatic rings.